The zero-order chi connectivity index (χ0) is 6.50. The van der Waals surface area contributed by atoms with Crippen molar-refractivity contribution in [3.8, 4) is 0 Å². The van der Waals surface area contributed by atoms with Crippen molar-refractivity contribution in [1.29, 1.82) is 0 Å². The van der Waals surface area contributed by atoms with Gasteiger partial charge >= 0.3 is 7.82 Å². The third kappa shape index (κ3) is 615. The van der Waals surface area contributed by atoms with Crippen LogP contribution in [0.2, 0.25) is 0 Å². The number of hydrogen-bond acceptors (Lipinski definition) is 2. The van der Waals surface area contributed by atoms with Gasteiger partial charge in [0.2, 0.25) is 0 Å². The van der Waals surface area contributed by atoms with Gasteiger partial charge in [0.25, 0.3) is 0 Å². The quantitative estimate of drug-likeness (QED) is 0.251. The highest BCUT2D eigenvalue weighted by Crippen LogP contribution is 2.25. The first-order valence-electron chi connectivity index (χ1n) is 1.23. The molecule has 54 valence electrons. The van der Waals surface area contributed by atoms with E-state index in [9.17, 15) is 0 Å². The third-order valence-corrected chi connectivity index (χ3v) is 0. The molecule has 0 aliphatic heterocycles. The minimum absolute atomic E-state index is 0. The Balaban J connectivity index is -0.0000000750. The van der Waals surface area contributed by atoms with E-state index in [2.05, 4.69) is 0 Å². The van der Waals surface area contributed by atoms with Crippen LogP contribution >= 0.6 is 20.2 Å². The molecule has 0 amide bonds. The molecule has 0 atom stereocenters. The molecule has 0 aliphatic rings. The van der Waals surface area contributed by atoms with Crippen LogP contribution in [0.5, 0.6) is 0 Å². The maximum atomic E-state index is 8.88. The maximum absolute atomic E-state index is 8.88. The van der Waals surface area contributed by atoms with Crippen LogP contribution in [0.25, 0.3) is 0 Å². The van der Waals surface area contributed by atoms with Gasteiger partial charge < -0.3 is 19.5 Å². The molecule has 0 aliphatic carbocycles. The van der Waals surface area contributed by atoms with E-state index in [0.29, 0.717) is 10.5 Å². The van der Waals surface area contributed by atoms with Gasteiger partial charge in [-0.15, -0.1) is 12.4 Å². The number of halogens is 1. The van der Waals surface area contributed by atoms with Crippen LogP contribution in [-0.2, 0) is 4.57 Å². The number of rotatable bonds is 0. The minimum atomic E-state index is -4.64. The summed E-state index contributed by atoms with van der Waals surface area (Å²) in [6.45, 7) is 0. The molecule has 0 saturated carbocycles. The van der Waals surface area contributed by atoms with Gasteiger partial charge in [-0.2, -0.15) is 0 Å². The first kappa shape index (κ1) is 15.8. The highest BCUT2D eigenvalue weighted by molar-refractivity contribution is 7.45. The van der Waals surface area contributed by atoms with Crippen molar-refractivity contribution in [1.82, 2.24) is 0 Å². The Hall–Kier alpha value is 0.577. The van der Waals surface area contributed by atoms with Gasteiger partial charge in [-0.25, -0.2) is 4.57 Å². The predicted molar refractivity (Wildman–Crippen MR) is 33.7 cm³/mol. The lowest BCUT2D eigenvalue weighted by Gasteiger charge is -1.82. The van der Waals surface area contributed by atoms with E-state index < -0.39 is 7.82 Å². The predicted octanol–water partition coefficient (Wildman–Crippen LogP) is -2.25. The standard InChI is InChI=1S/ClH.H3O4P.H4OSi/c;1-5(2,3)4;1-2/h1H;(H3,1,2,3,4);1H,2H3. The first-order valence-corrected chi connectivity index (χ1v) is 3.69. The molecular weight excluding hydrogens is 175 g/mol. The van der Waals surface area contributed by atoms with Crippen molar-refractivity contribution in [3.63, 3.8) is 0 Å². The number of hydrogen-bond donors (Lipinski definition) is 4. The van der Waals surface area contributed by atoms with Crippen LogP contribution in [0, 0.1) is 0 Å². The van der Waals surface area contributed by atoms with E-state index in [1.807, 2.05) is 0 Å². The molecule has 0 unspecified atom stereocenters. The first-order chi connectivity index (χ1) is 3.00. The normalized spacial score (nSPS) is 8.50. The summed E-state index contributed by atoms with van der Waals surface area (Å²) in [7, 11) is -4.33. The molecule has 0 aromatic carbocycles. The van der Waals surface area contributed by atoms with Crippen molar-refractivity contribution in [2.24, 2.45) is 0 Å². The highest BCUT2D eigenvalue weighted by Gasteiger charge is 2.00. The lowest BCUT2D eigenvalue weighted by Crippen LogP contribution is -1.66. The largest absolute Gasteiger partial charge is 0.466 e. The molecule has 0 radical (unpaired) electrons. The van der Waals surface area contributed by atoms with Crippen molar-refractivity contribution in [3.05, 3.63) is 0 Å². The van der Waals surface area contributed by atoms with Crippen LogP contribution in [0.4, 0.5) is 0 Å². The molecule has 0 fully saturated rings. The Morgan fingerprint density at radius 1 is 1.12 bits per heavy atom. The fourth-order valence-electron chi connectivity index (χ4n) is 0. The van der Waals surface area contributed by atoms with Crippen molar-refractivity contribution < 1.29 is 24.0 Å². The summed E-state index contributed by atoms with van der Waals surface area (Å²) >= 11 is 0. The smallest absolute Gasteiger partial charge is 0.442 e. The van der Waals surface area contributed by atoms with E-state index in [1.54, 1.807) is 0 Å². The highest BCUT2D eigenvalue weighted by atomic mass is 35.5. The summed E-state index contributed by atoms with van der Waals surface area (Å²) in [5, 5.41) is 0. The Kier molecular flexibility index (Phi) is 15.0. The van der Waals surface area contributed by atoms with E-state index >= 15 is 0 Å². The summed E-state index contributed by atoms with van der Waals surface area (Å²) in [5.74, 6) is 0. The average molecular weight is 183 g/mol. The molecule has 8 heteroatoms. The van der Waals surface area contributed by atoms with Gasteiger partial charge in [0.05, 0.1) is 0 Å². The molecule has 0 aromatic rings. The lowest BCUT2D eigenvalue weighted by atomic mass is 15.8. The van der Waals surface area contributed by atoms with E-state index in [1.165, 1.54) is 0 Å². The second-order valence-electron chi connectivity index (χ2n) is 0.513. The van der Waals surface area contributed by atoms with Crippen LogP contribution in [0.1, 0.15) is 0 Å². The number of phosphoric acid groups is 1. The fraction of sp³-hybridized carbons (Fsp3) is 0. The lowest BCUT2D eigenvalue weighted by molar-refractivity contribution is 0.275. The van der Waals surface area contributed by atoms with Gasteiger partial charge in [-0.05, 0) is 0 Å². The molecule has 4 N–H and O–H groups in total. The summed E-state index contributed by atoms with van der Waals surface area (Å²) in [4.78, 5) is 28.7. The van der Waals surface area contributed by atoms with Gasteiger partial charge in [0.15, 0.2) is 0 Å². The van der Waals surface area contributed by atoms with Crippen molar-refractivity contribution in [2.45, 2.75) is 0 Å². The fourth-order valence-corrected chi connectivity index (χ4v) is 0. The van der Waals surface area contributed by atoms with E-state index in [-0.39, 0.29) is 12.4 Å². The van der Waals surface area contributed by atoms with Crippen LogP contribution < -0.4 is 0 Å². The Morgan fingerprint density at radius 3 is 1.12 bits per heavy atom. The van der Waals surface area contributed by atoms with Crippen LogP contribution in [-0.4, -0.2) is 30.0 Å². The van der Waals surface area contributed by atoms with E-state index in [4.69, 9.17) is 24.0 Å². The molecule has 0 saturated heterocycles. The van der Waals surface area contributed by atoms with Gasteiger partial charge in [0, 0.05) is 0 Å². The second kappa shape index (κ2) is 7.58. The maximum Gasteiger partial charge on any atom is 0.466 e. The summed E-state index contributed by atoms with van der Waals surface area (Å²) < 4.78 is 8.88. The van der Waals surface area contributed by atoms with Gasteiger partial charge in [-0.3, -0.25) is 0 Å². The second-order valence-corrected chi connectivity index (χ2v) is 1.54. The molecule has 5 nitrogen and oxygen atoms in total. The molecule has 0 aromatic heterocycles. The van der Waals surface area contributed by atoms with Gasteiger partial charge in [0.1, 0.15) is 10.5 Å². The Labute approximate surface area is 55.6 Å². The SMILES string of the molecule is Cl.O=P(O)(O)O.O[SiH3]. The Morgan fingerprint density at radius 2 is 1.12 bits per heavy atom. The monoisotopic (exact) mass is 182 g/mol. The minimum Gasteiger partial charge on any atom is -0.442 e. The zero-order valence-corrected chi connectivity index (χ0v) is 7.76. The van der Waals surface area contributed by atoms with Gasteiger partial charge in [-0.1, -0.05) is 0 Å². The van der Waals surface area contributed by atoms with Crippen LogP contribution in [0.3, 0.4) is 0 Å². The molecular formula is H8ClO5PSi. The summed E-state index contributed by atoms with van der Waals surface area (Å²) in [5.41, 5.74) is 0. The molecule has 0 rings (SSSR count). The van der Waals surface area contributed by atoms with E-state index in [0.717, 1.165) is 0 Å². The average Bonchev–Trinajstić information content (AvgIpc) is 1.36. The zero-order valence-electron chi connectivity index (χ0n) is 4.05. The molecule has 0 heterocycles. The molecule has 0 spiro atoms. The summed E-state index contributed by atoms with van der Waals surface area (Å²) in [6.07, 6.45) is 0. The van der Waals surface area contributed by atoms with Crippen LogP contribution in [0.15, 0.2) is 0 Å². The summed E-state index contributed by atoms with van der Waals surface area (Å²) in [6, 6.07) is 0. The Bertz CT molecular complexity index is 58.6. The van der Waals surface area contributed by atoms with Crippen molar-refractivity contribution in [2.75, 3.05) is 0 Å². The third-order valence-electron chi connectivity index (χ3n) is 0. The molecule has 8 heavy (non-hydrogen) atoms. The van der Waals surface area contributed by atoms with Crippen molar-refractivity contribution >= 4 is 30.7 Å². The molecule has 0 bridgehead atoms. The topological polar surface area (TPSA) is 98.0 Å².